The highest BCUT2D eigenvalue weighted by atomic mass is 16.5. The molecular formula is C13H18O. The van der Waals surface area contributed by atoms with Gasteiger partial charge < -0.3 is 4.74 Å². The first-order valence-corrected chi connectivity index (χ1v) is 5.07. The Morgan fingerprint density at radius 3 is 2.43 bits per heavy atom. The zero-order chi connectivity index (χ0) is 10.4. The summed E-state index contributed by atoms with van der Waals surface area (Å²) in [6, 6.07) is 0. The van der Waals surface area contributed by atoms with Gasteiger partial charge in [0.1, 0.15) is 5.76 Å². The fourth-order valence-electron chi connectivity index (χ4n) is 1.21. The van der Waals surface area contributed by atoms with Crippen LogP contribution in [0.3, 0.4) is 0 Å². The highest BCUT2D eigenvalue weighted by Gasteiger charge is 2.18. The van der Waals surface area contributed by atoms with E-state index in [-0.39, 0.29) is 0 Å². The van der Waals surface area contributed by atoms with Crippen LogP contribution < -0.4 is 0 Å². The van der Waals surface area contributed by atoms with E-state index in [4.69, 9.17) is 4.74 Å². The van der Waals surface area contributed by atoms with Crippen LogP contribution in [0.2, 0.25) is 0 Å². The first kappa shape index (κ1) is 10.8. The average Bonchev–Trinajstić information content (AvgIpc) is 2.09. The molecule has 0 N–H and O–H groups in total. The van der Waals surface area contributed by atoms with Crippen LogP contribution >= 0.6 is 0 Å². The van der Waals surface area contributed by atoms with Gasteiger partial charge in [-0.1, -0.05) is 31.4 Å². The van der Waals surface area contributed by atoms with Crippen LogP contribution in [0, 0.1) is 0 Å². The molecule has 1 fully saturated rings. The van der Waals surface area contributed by atoms with Gasteiger partial charge in [-0.3, -0.25) is 0 Å². The Hall–Kier alpha value is -1.24. The summed E-state index contributed by atoms with van der Waals surface area (Å²) in [7, 11) is 0. The maximum Gasteiger partial charge on any atom is 0.112 e. The van der Waals surface area contributed by atoms with Crippen molar-refractivity contribution in [3.63, 3.8) is 0 Å². The molecule has 0 aromatic rings. The van der Waals surface area contributed by atoms with Crippen LogP contribution in [0.4, 0.5) is 0 Å². The molecular weight excluding hydrogens is 172 g/mol. The molecule has 76 valence electrons. The molecule has 1 rings (SSSR count). The highest BCUT2D eigenvalue weighted by Crippen LogP contribution is 2.24. The topological polar surface area (TPSA) is 9.23 Å². The van der Waals surface area contributed by atoms with Crippen LogP contribution in [0.1, 0.15) is 26.2 Å². The van der Waals surface area contributed by atoms with Crippen LogP contribution in [0.5, 0.6) is 0 Å². The largest absolute Gasteiger partial charge is 0.491 e. The SMILES string of the molecule is C=C(/C=C\C(=C)OC1CCC1)/C=C/C. The number of hydrogen-bond acceptors (Lipinski definition) is 1. The smallest absolute Gasteiger partial charge is 0.112 e. The third-order valence-corrected chi connectivity index (χ3v) is 2.23. The van der Waals surface area contributed by atoms with Crippen molar-refractivity contribution in [1.29, 1.82) is 0 Å². The Bertz CT molecular complexity index is 267. The molecule has 1 nitrogen and oxygen atoms in total. The Morgan fingerprint density at radius 2 is 1.93 bits per heavy atom. The Morgan fingerprint density at radius 1 is 1.21 bits per heavy atom. The van der Waals surface area contributed by atoms with Crippen molar-refractivity contribution < 1.29 is 4.74 Å². The predicted molar refractivity (Wildman–Crippen MR) is 61.0 cm³/mol. The molecule has 0 amide bonds. The minimum absolute atomic E-state index is 0.405. The molecule has 0 unspecified atom stereocenters. The van der Waals surface area contributed by atoms with Crippen molar-refractivity contribution in [3.05, 3.63) is 48.8 Å². The van der Waals surface area contributed by atoms with Gasteiger partial charge in [0, 0.05) is 0 Å². The first-order valence-electron chi connectivity index (χ1n) is 5.07. The fraction of sp³-hybridized carbons (Fsp3) is 0.385. The van der Waals surface area contributed by atoms with Gasteiger partial charge >= 0.3 is 0 Å². The lowest BCUT2D eigenvalue weighted by Crippen LogP contribution is -2.20. The lowest BCUT2D eigenvalue weighted by molar-refractivity contribution is 0.0599. The molecule has 1 heteroatoms. The summed E-state index contributed by atoms with van der Waals surface area (Å²) in [5, 5.41) is 0. The van der Waals surface area contributed by atoms with Crippen molar-refractivity contribution in [2.45, 2.75) is 32.3 Å². The van der Waals surface area contributed by atoms with Crippen molar-refractivity contribution in [2.24, 2.45) is 0 Å². The standard InChI is InChI=1S/C13H18O/c1-4-6-11(2)9-10-12(3)14-13-7-5-8-13/h4,6,9-10,13H,2-3,5,7-8H2,1H3/b6-4+,10-9-. The number of allylic oxidation sites excluding steroid dienone is 5. The second-order valence-corrected chi connectivity index (χ2v) is 3.55. The highest BCUT2D eigenvalue weighted by molar-refractivity contribution is 5.30. The van der Waals surface area contributed by atoms with Crippen LogP contribution in [-0.2, 0) is 4.74 Å². The molecule has 0 bridgehead atoms. The van der Waals surface area contributed by atoms with Gasteiger partial charge in [0.15, 0.2) is 0 Å². The fourth-order valence-corrected chi connectivity index (χ4v) is 1.21. The van der Waals surface area contributed by atoms with E-state index in [1.807, 2.05) is 31.2 Å². The molecule has 0 aliphatic heterocycles. The molecule has 1 saturated carbocycles. The monoisotopic (exact) mass is 190 g/mol. The predicted octanol–water partition coefficient (Wildman–Crippen LogP) is 3.76. The molecule has 0 aromatic heterocycles. The van der Waals surface area contributed by atoms with Crippen LogP contribution in [0.15, 0.2) is 48.8 Å². The van der Waals surface area contributed by atoms with Gasteiger partial charge in [-0.05, 0) is 37.8 Å². The molecule has 0 heterocycles. The van der Waals surface area contributed by atoms with Crippen molar-refractivity contribution in [2.75, 3.05) is 0 Å². The van der Waals surface area contributed by atoms with E-state index in [9.17, 15) is 0 Å². The lowest BCUT2D eigenvalue weighted by Gasteiger charge is -2.26. The normalized spacial score (nSPS) is 17.2. The van der Waals surface area contributed by atoms with Gasteiger partial charge in [0.2, 0.25) is 0 Å². The van der Waals surface area contributed by atoms with E-state index in [1.165, 1.54) is 19.3 Å². The third-order valence-electron chi connectivity index (χ3n) is 2.23. The summed E-state index contributed by atoms with van der Waals surface area (Å²) in [6.45, 7) is 9.66. The van der Waals surface area contributed by atoms with Gasteiger partial charge in [0.05, 0.1) is 6.10 Å². The molecule has 0 aromatic carbocycles. The lowest BCUT2D eigenvalue weighted by atomic mass is 9.96. The van der Waals surface area contributed by atoms with Gasteiger partial charge in [0.25, 0.3) is 0 Å². The van der Waals surface area contributed by atoms with Crippen LogP contribution in [-0.4, -0.2) is 6.10 Å². The maximum atomic E-state index is 5.57. The number of rotatable bonds is 5. The summed E-state index contributed by atoms with van der Waals surface area (Å²) >= 11 is 0. The second kappa shape index (κ2) is 5.48. The van der Waals surface area contributed by atoms with E-state index in [0.29, 0.717) is 6.10 Å². The molecule has 1 aliphatic rings. The average molecular weight is 190 g/mol. The third kappa shape index (κ3) is 3.65. The Kier molecular flexibility index (Phi) is 4.24. The quantitative estimate of drug-likeness (QED) is 0.474. The van der Waals surface area contributed by atoms with Crippen molar-refractivity contribution in [3.8, 4) is 0 Å². The molecule has 14 heavy (non-hydrogen) atoms. The summed E-state index contributed by atoms with van der Waals surface area (Å²) in [4.78, 5) is 0. The minimum atomic E-state index is 0.405. The molecule has 0 saturated heterocycles. The van der Waals surface area contributed by atoms with Gasteiger partial charge in [-0.25, -0.2) is 0 Å². The molecule has 0 atom stereocenters. The summed E-state index contributed by atoms with van der Waals surface area (Å²) in [6.07, 6.45) is 11.7. The van der Waals surface area contributed by atoms with E-state index in [0.717, 1.165) is 11.3 Å². The number of ether oxygens (including phenoxy) is 1. The van der Waals surface area contributed by atoms with Gasteiger partial charge in [-0.2, -0.15) is 0 Å². The molecule has 0 spiro atoms. The van der Waals surface area contributed by atoms with E-state index >= 15 is 0 Å². The van der Waals surface area contributed by atoms with E-state index < -0.39 is 0 Å². The molecule has 0 radical (unpaired) electrons. The summed E-state index contributed by atoms with van der Waals surface area (Å²) < 4.78 is 5.57. The van der Waals surface area contributed by atoms with Crippen molar-refractivity contribution >= 4 is 0 Å². The second-order valence-electron chi connectivity index (χ2n) is 3.55. The molecule has 1 aliphatic carbocycles. The first-order chi connectivity index (χ1) is 6.72. The van der Waals surface area contributed by atoms with Gasteiger partial charge in [-0.15, -0.1) is 0 Å². The summed E-state index contributed by atoms with van der Waals surface area (Å²) in [5.74, 6) is 0.736. The zero-order valence-electron chi connectivity index (χ0n) is 8.83. The minimum Gasteiger partial charge on any atom is -0.491 e. The maximum absolute atomic E-state index is 5.57. The zero-order valence-corrected chi connectivity index (χ0v) is 8.83. The van der Waals surface area contributed by atoms with E-state index in [2.05, 4.69) is 13.2 Å². The van der Waals surface area contributed by atoms with Crippen molar-refractivity contribution in [1.82, 2.24) is 0 Å². The van der Waals surface area contributed by atoms with E-state index in [1.54, 1.807) is 0 Å². The Labute approximate surface area is 86.5 Å². The number of hydrogen-bond donors (Lipinski definition) is 0. The van der Waals surface area contributed by atoms with Crippen LogP contribution in [0.25, 0.3) is 0 Å². The Balaban J connectivity index is 2.27. The summed E-state index contributed by atoms with van der Waals surface area (Å²) in [5.41, 5.74) is 0.964.